The van der Waals surface area contributed by atoms with E-state index in [9.17, 15) is 4.79 Å². The molecule has 1 fully saturated rings. The molecule has 1 N–H and O–H groups in total. The van der Waals surface area contributed by atoms with E-state index in [0.29, 0.717) is 5.02 Å². The Morgan fingerprint density at radius 2 is 1.70 bits per heavy atom. The highest BCUT2D eigenvalue weighted by molar-refractivity contribution is 6.42. The van der Waals surface area contributed by atoms with E-state index < -0.39 is 6.09 Å². The standard InChI is InChI=1S/C13H13Cl3N2O2/c14-8-6-10(15)12(11(16)7-8)17-13(19)20-18-9-4-2-1-3-5-9/h6-7H,1-5H2,(H,17,19). The minimum atomic E-state index is -0.728. The second-order valence-corrected chi connectivity index (χ2v) is 5.72. The van der Waals surface area contributed by atoms with E-state index in [4.69, 9.17) is 39.6 Å². The zero-order valence-corrected chi connectivity index (χ0v) is 12.9. The van der Waals surface area contributed by atoms with Crippen molar-refractivity contribution >= 4 is 52.3 Å². The van der Waals surface area contributed by atoms with Crippen LogP contribution in [0, 0.1) is 0 Å². The Hall–Kier alpha value is -0.970. The SMILES string of the molecule is O=C(Nc1c(Cl)cc(Cl)cc1Cl)ON=C1CCCCC1. The first-order chi connectivity index (χ1) is 9.56. The van der Waals surface area contributed by atoms with Gasteiger partial charge in [0.1, 0.15) is 0 Å². The molecule has 1 aliphatic rings. The van der Waals surface area contributed by atoms with Crippen molar-refractivity contribution in [3.63, 3.8) is 0 Å². The molecule has 0 bridgehead atoms. The van der Waals surface area contributed by atoms with Crippen LogP contribution < -0.4 is 5.32 Å². The Labute approximate surface area is 132 Å². The van der Waals surface area contributed by atoms with Crippen molar-refractivity contribution in [2.24, 2.45) is 5.16 Å². The molecule has 1 saturated carbocycles. The van der Waals surface area contributed by atoms with Gasteiger partial charge in [0, 0.05) is 5.02 Å². The van der Waals surface area contributed by atoms with E-state index in [1.54, 1.807) is 0 Å². The van der Waals surface area contributed by atoms with Crippen molar-refractivity contribution in [1.82, 2.24) is 0 Å². The number of nitrogens with one attached hydrogen (secondary N) is 1. The van der Waals surface area contributed by atoms with Crippen LogP contribution in [0.5, 0.6) is 0 Å². The summed E-state index contributed by atoms with van der Waals surface area (Å²) in [5.41, 5.74) is 1.16. The Morgan fingerprint density at radius 3 is 2.30 bits per heavy atom. The van der Waals surface area contributed by atoms with Gasteiger partial charge in [0.25, 0.3) is 0 Å². The molecule has 108 valence electrons. The number of anilines is 1. The predicted octanol–water partition coefficient (Wildman–Crippen LogP) is 5.52. The number of oxime groups is 1. The molecule has 0 atom stereocenters. The zero-order chi connectivity index (χ0) is 14.5. The average molecular weight is 336 g/mol. The number of carbonyl (C=O) groups is 1. The van der Waals surface area contributed by atoms with Gasteiger partial charge in [-0.3, -0.25) is 10.2 Å². The van der Waals surface area contributed by atoms with Crippen molar-refractivity contribution in [1.29, 1.82) is 0 Å². The monoisotopic (exact) mass is 334 g/mol. The van der Waals surface area contributed by atoms with E-state index in [2.05, 4.69) is 10.5 Å². The van der Waals surface area contributed by atoms with E-state index in [1.165, 1.54) is 18.6 Å². The summed E-state index contributed by atoms with van der Waals surface area (Å²) in [4.78, 5) is 16.5. The van der Waals surface area contributed by atoms with Gasteiger partial charge in [-0.2, -0.15) is 0 Å². The molecule has 1 aromatic carbocycles. The summed E-state index contributed by atoms with van der Waals surface area (Å²) in [6.07, 6.45) is 4.37. The maximum Gasteiger partial charge on any atom is 0.437 e. The molecule has 1 aliphatic carbocycles. The van der Waals surface area contributed by atoms with Crippen LogP contribution in [0.3, 0.4) is 0 Å². The van der Waals surface area contributed by atoms with Gasteiger partial charge >= 0.3 is 6.09 Å². The molecule has 20 heavy (non-hydrogen) atoms. The predicted molar refractivity (Wildman–Crippen MR) is 82.1 cm³/mol. The lowest BCUT2D eigenvalue weighted by Gasteiger charge is -2.12. The second-order valence-electron chi connectivity index (χ2n) is 4.47. The van der Waals surface area contributed by atoms with Crippen LogP contribution in [0.15, 0.2) is 17.3 Å². The number of halogens is 3. The number of hydrogen-bond donors (Lipinski definition) is 1. The van der Waals surface area contributed by atoms with Crippen LogP contribution in [0.25, 0.3) is 0 Å². The summed E-state index contributed by atoms with van der Waals surface area (Å²) in [6.45, 7) is 0. The Bertz CT molecular complexity index is 515. The molecule has 4 nitrogen and oxygen atoms in total. The maximum absolute atomic E-state index is 11.7. The quantitative estimate of drug-likeness (QED) is 0.572. The normalized spacial score (nSPS) is 14.8. The Morgan fingerprint density at radius 1 is 1.10 bits per heavy atom. The molecule has 0 heterocycles. The summed E-state index contributed by atoms with van der Waals surface area (Å²) >= 11 is 17.7. The van der Waals surface area contributed by atoms with Crippen molar-refractivity contribution in [2.45, 2.75) is 32.1 Å². The van der Waals surface area contributed by atoms with Crippen LogP contribution in [0.4, 0.5) is 10.5 Å². The third-order valence-corrected chi connectivity index (χ3v) is 3.74. The van der Waals surface area contributed by atoms with Gasteiger partial charge < -0.3 is 0 Å². The summed E-state index contributed by atoms with van der Waals surface area (Å²) in [5, 5.41) is 7.17. The highest BCUT2D eigenvalue weighted by atomic mass is 35.5. The fourth-order valence-electron chi connectivity index (χ4n) is 1.94. The molecule has 1 amide bonds. The average Bonchev–Trinajstić information content (AvgIpc) is 2.42. The van der Waals surface area contributed by atoms with Crippen molar-refractivity contribution in [3.8, 4) is 0 Å². The van der Waals surface area contributed by atoms with Crippen LogP contribution in [0.1, 0.15) is 32.1 Å². The van der Waals surface area contributed by atoms with Gasteiger partial charge in [0.2, 0.25) is 0 Å². The van der Waals surface area contributed by atoms with Crippen molar-refractivity contribution in [2.75, 3.05) is 5.32 Å². The molecule has 0 unspecified atom stereocenters. The Balaban J connectivity index is 1.98. The number of hydrogen-bond acceptors (Lipinski definition) is 3. The first-order valence-electron chi connectivity index (χ1n) is 6.24. The summed E-state index contributed by atoms with van der Waals surface area (Å²) < 4.78 is 0. The number of nitrogens with zero attached hydrogens (tertiary/aromatic N) is 1. The van der Waals surface area contributed by atoms with E-state index in [-0.39, 0.29) is 15.7 Å². The molecular formula is C13H13Cl3N2O2. The van der Waals surface area contributed by atoms with E-state index in [1.807, 2.05) is 0 Å². The third-order valence-electron chi connectivity index (χ3n) is 2.92. The fourth-order valence-corrected chi connectivity index (χ4v) is 2.86. The van der Waals surface area contributed by atoms with Gasteiger partial charge in [0.15, 0.2) is 0 Å². The maximum atomic E-state index is 11.7. The van der Waals surface area contributed by atoms with Gasteiger partial charge in [-0.25, -0.2) is 4.79 Å². The number of rotatable bonds is 2. The molecule has 0 aromatic heterocycles. The summed E-state index contributed by atoms with van der Waals surface area (Å²) in [6, 6.07) is 2.97. The largest absolute Gasteiger partial charge is 0.437 e. The molecule has 1 aromatic rings. The highest BCUT2D eigenvalue weighted by Crippen LogP contribution is 2.33. The number of carbonyl (C=O) groups excluding carboxylic acids is 1. The molecule has 0 radical (unpaired) electrons. The number of amides is 1. The lowest BCUT2D eigenvalue weighted by molar-refractivity contribution is 0.165. The summed E-state index contributed by atoms with van der Waals surface area (Å²) in [7, 11) is 0. The molecule has 0 aliphatic heterocycles. The zero-order valence-electron chi connectivity index (χ0n) is 10.6. The number of benzene rings is 1. The molecule has 7 heteroatoms. The lowest BCUT2D eigenvalue weighted by atomic mass is 9.99. The van der Waals surface area contributed by atoms with E-state index >= 15 is 0 Å². The molecule has 0 saturated heterocycles. The van der Waals surface area contributed by atoms with Crippen molar-refractivity contribution in [3.05, 3.63) is 27.2 Å². The Kier molecular flexibility index (Phi) is 5.52. The first kappa shape index (κ1) is 15.4. The summed E-state index contributed by atoms with van der Waals surface area (Å²) in [5.74, 6) is 0. The van der Waals surface area contributed by atoms with Gasteiger partial charge in [0.05, 0.1) is 21.4 Å². The van der Waals surface area contributed by atoms with Crippen LogP contribution >= 0.6 is 34.8 Å². The lowest BCUT2D eigenvalue weighted by Crippen LogP contribution is -2.14. The van der Waals surface area contributed by atoms with Gasteiger partial charge in [-0.1, -0.05) is 46.4 Å². The highest BCUT2D eigenvalue weighted by Gasteiger charge is 2.13. The fraction of sp³-hybridized carbons (Fsp3) is 0.385. The molecule has 0 spiro atoms. The van der Waals surface area contributed by atoms with Crippen LogP contribution in [-0.4, -0.2) is 11.8 Å². The van der Waals surface area contributed by atoms with E-state index in [0.717, 1.165) is 31.4 Å². The smallest absolute Gasteiger partial charge is 0.298 e. The van der Waals surface area contributed by atoms with Gasteiger partial charge in [-0.05, 0) is 37.8 Å². The van der Waals surface area contributed by atoms with Crippen LogP contribution in [-0.2, 0) is 4.84 Å². The van der Waals surface area contributed by atoms with Gasteiger partial charge in [-0.15, -0.1) is 0 Å². The topological polar surface area (TPSA) is 50.7 Å². The third kappa shape index (κ3) is 4.27. The second kappa shape index (κ2) is 7.16. The minimum Gasteiger partial charge on any atom is -0.298 e. The van der Waals surface area contributed by atoms with Crippen LogP contribution in [0.2, 0.25) is 15.1 Å². The first-order valence-corrected chi connectivity index (χ1v) is 7.38. The molecule has 2 rings (SSSR count). The molecular weight excluding hydrogens is 323 g/mol. The van der Waals surface area contributed by atoms with Crippen molar-refractivity contribution < 1.29 is 9.63 Å². The minimum absolute atomic E-state index is 0.241.